The summed E-state index contributed by atoms with van der Waals surface area (Å²) in [5, 5.41) is 13.9. The van der Waals surface area contributed by atoms with Crippen LogP contribution in [0, 0.1) is 17.8 Å². The van der Waals surface area contributed by atoms with Crippen molar-refractivity contribution in [3.63, 3.8) is 0 Å². The van der Waals surface area contributed by atoms with Gasteiger partial charge in [-0.05, 0) is 78.3 Å². The largest absolute Gasteiger partial charge is 0.278 e. The average molecular weight is 448 g/mol. The number of aromatic amines is 1. The second kappa shape index (κ2) is 6.13. The zero-order chi connectivity index (χ0) is 21.8. The smallest absolute Gasteiger partial charge is 0.232 e. The normalized spacial score (nSPS) is 29.1. The van der Waals surface area contributed by atoms with Crippen LogP contribution in [0.2, 0.25) is 0 Å². The van der Waals surface area contributed by atoms with Gasteiger partial charge in [-0.3, -0.25) is 14.1 Å². The van der Waals surface area contributed by atoms with Crippen LogP contribution in [0.3, 0.4) is 0 Å². The molecule has 0 saturated heterocycles. The first kappa shape index (κ1) is 18.7. The third-order valence-corrected chi connectivity index (χ3v) is 9.42. The maximum Gasteiger partial charge on any atom is 0.232 e. The van der Waals surface area contributed by atoms with Crippen LogP contribution in [0.25, 0.3) is 21.8 Å². The molecule has 2 aromatic heterocycles. The highest BCUT2D eigenvalue weighted by atomic mass is 32.2. The van der Waals surface area contributed by atoms with E-state index in [4.69, 9.17) is 0 Å². The van der Waals surface area contributed by atoms with E-state index in [0.29, 0.717) is 17.8 Å². The first-order valence-electron chi connectivity index (χ1n) is 11.3. The molecule has 2 fully saturated rings. The SMILES string of the molecule is Cn1ncc2cc(C3[C@@H]4C5CCC(C5)[C@@H]4c4c(ccc5[nH]ncc45)N3S(C)(=O)=O)ccc21. The Morgan fingerprint density at radius 2 is 1.94 bits per heavy atom. The lowest BCUT2D eigenvalue weighted by Gasteiger charge is -2.48. The quantitative estimate of drug-likeness (QED) is 0.501. The van der Waals surface area contributed by atoms with Gasteiger partial charge >= 0.3 is 0 Å². The van der Waals surface area contributed by atoms with E-state index in [1.807, 2.05) is 36.3 Å². The van der Waals surface area contributed by atoms with Crippen molar-refractivity contribution >= 4 is 37.5 Å². The Morgan fingerprint density at radius 3 is 2.78 bits per heavy atom. The van der Waals surface area contributed by atoms with Crippen LogP contribution in [0.1, 0.15) is 42.3 Å². The highest BCUT2D eigenvalue weighted by Gasteiger charge is 2.57. The van der Waals surface area contributed by atoms with Gasteiger partial charge in [-0.1, -0.05) is 6.07 Å². The predicted octanol–water partition coefficient (Wildman–Crippen LogP) is 4.10. The lowest BCUT2D eigenvalue weighted by atomic mass is 9.67. The molecular formula is C24H25N5O2S. The topological polar surface area (TPSA) is 83.9 Å². The van der Waals surface area contributed by atoms with Crippen molar-refractivity contribution in [3.8, 4) is 0 Å². The molecule has 2 bridgehead atoms. The fourth-order valence-corrected chi connectivity index (χ4v) is 8.39. The van der Waals surface area contributed by atoms with E-state index in [9.17, 15) is 8.42 Å². The third kappa shape index (κ3) is 2.33. The van der Waals surface area contributed by atoms with Crippen molar-refractivity contribution in [2.75, 3.05) is 10.6 Å². The Kier molecular flexibility index (Phi) is 3.58. The highest BCUT2D eigenvalue weighted by Crippen LogP contribution is 2.66. The van der Waals surface area contributed by atoms with E-state index in [2.05, 4.69) is 33.5 Å². The minimum Gasteiger partial charge on any atom is -0.278 e. The Labute approximate surface area is 186 Å². The highest BCUT2D eigenvalue weighted by molar-refractivity contribution is 7.92. The van der Waals surface area contributed by atoms with E-state index < -0.39 is 10.0 Å². The van der Waals surface area contributed by atoms with Gasteiger partial charge in [0.2, 0.25) is 10.0 Å². The van der Waals surface area contributed by atoms with E-state index in [-0.39, 0.29) is 12.0 Å². The summed E-state index contributed by atoms with van der Waals surface area (Å²) in [7, 11) is -1.58. The molecule has 2 aromatic carbocycles. The van der Waals surface area contributed by atoms with E-state index in [1.165, 1.54) is 31.1 Å². The number of anilines is 1. The zero-order valence-corrected chi connectivity index (χ0v) is 18.9. The van der Waals surface area contributed by atoms with Gasteiger partial charge < -0.3 is 0 Å². The molecule has 0 amide bonds. The molecule has 0 radical (unpaired) electrons. The van der Waals surface area contributed by atoms with Crippen LogP contribution in [0.4, 0.5) is 5.69 Å². The summed E-state index contributed by atoms with van der Waals surface area (Å²) < 4.78 is 30.3. The van der Waals surface area contributed by atoms with Gasteiger partial charge in [0.1, 0.15) is 0 Å². The van der Waals surface area contributed by atoms with Crippen LogP contribution in [0.5, 0.6) is 0 Å². The Morgan fingerprint density at radius 1 is 1.09 bits per heavy atom. The monoisotopic (exact) mass is 447 g/mol. The molecule has 0 spiro atoms. The summed E-state index contributed by atoms with van der Waals surface area (Å²) in [6.45, 7) is 0. The molecule has 5 atom stereocenters. The van der Waals surface area contributed by atoms with Crippen molar-refractivity contribution in [1.82, 2.24) is 20.0 Å². The van der Waals surface area contributed by atoms with Crippen molar-refractivity contribution in [1.29, 1.82) is 0 Å². The predicted molar refractivity (Wildman–Crippen MR) is 124 cm³/mol. The standard InChI is InChI=1S/C24H25N5O2S/c1-28-19-7-5-15(10-16(19)11-26-28)24-22-14-4-3-13(9-14)21(22)23-17-12-25-27-18(17)6-8-20(23)29(24)32(2,30)31/h5-8,10-14,21-22,24H,3-4,9H2,1-2H3,(H,25,27)/t13?,14?,21-,22+,24?/m0/s1. The average Bonchev–Trinajstić information content (AvgIpc) is 3.55. The lowest BCUT2D eigenvalue weighted by molar-refractivity contribution is 0.238. The number of rotatable bonds is 2. The lowest BCUT2D eigenvalue weighted by Crippen LogP contribution is -2.46. The molecule has 3 heterocycles. The Bertz CT molecular complexity index is 1500. The number of aromatic nitrogens is 4. The second-order valence-electron chi connectivity index (χ2n) is 9.86. The number of benzene rings is 2. The fourth-order valence-electron chi connectivity index (χ4n) is 7.20. The van der Waals surface area contributed by atoms with Gasteiger partial charge in [-0.15, -0.1) is 0 Å². The van der Waals surface area contributed by atoms with Gasteiger partial charge in [0.05, 0.1) is 41.4 Å². The molecule has 8 heteroatoms. The molecule has 4 aromatic rings. The van der Waals surface area contributed by atoms with Crippen molar-refractivity contribution in [3.05, 3.63) is 53.9 Å². The first-order valence-corrected chi connectivity index (χ1v) is 13.1. The first-order chi connectivity index (χ1) is 15.4. The summed E-state index contributed by atoms with van der Waals surface area (Å²) in [5.74, 6) is 1.78. The molecule has 7 nitrogen and oxygen atoms in total. The maximum atomic E-state index is 13.4. The van der Waals surface area contributed by atoms with Crippen LogP contribution in [0.15, 0.2) is 42.7 Å². The van der Waals surface area contributed by atoms with E-state index >= 15 is 0 Å². The second-order valence-corrected chi connectivity index (χ2v) is 11.7. The fraction of sp³-hybridized carbons (Fsp3) is 0.417. The maximum absolute atomic E-state index is 13.4. The number of fused-ring (bicyclic) bond motifs is 10. The Hall–Kier alpha value is -2.87. The van der Waals surface area contributed by atoms with Gasteiger partial charge in [0.25, 0.3) is 0 Å². The van der Waals surface area contributed by atoms with Gasteiger partial charge in [-0.2, -0.15) is 10.2 Å². The number of hydrogen-bond donors (Lipinski definition) is 1. The number of sulfonamides is 1. The minimum atomic E-state index is -3.51. The minimum absolute atomic E-state index is 0.202. The summed E-state index contributed by atoms with van der Waals surface area (Å²) >= 11 is 0. The van der Waals surface area contributed by atoms with Crippen LogP contribution in [-0.2, 0) is 17.1 Å². The molecule has 2 aliphatic carbocycles. The summed E-state index contributed by atoms with van der Waals surface area (Å²) in [6, 6.07) is 10.1. The molecule has 3 unspecified atom stereocenters. The molecule has 32 heavy (non-hydrogen) atoms. The summed E-state index contributed by atoms with van der Waals surface area (Å²) in [5.41, 5.74) is 5.11. The number of nitrogens with one attached hydrogen (secondary N) is 1. The van der Waals surface area contributed by atoms with Gasteiger partial charge in [0.15, 0.2) is 0 Å². The molecule has 3 aliphatic rings. The van der Waals surface area contributed by atoms with Crippen LogP contribution < -0.4 is 4.31 Å². The number of hydrogen-bond acceptors (Lipinski definition) is 4. The van der Waals surface area contributed by atoms with Crippen LogP contribution in [-0.4, -0.2) is 34.7 Å². The summed E-state index contributed by atoms with van der Waals surface area (Å²) in [6.07, 6.45) is 8.69. The zero-order valence-electron chi connectivity index (χ0n) is 18.1. The third-order valence-electron chi connectivity index (χ3n) is 8.28. The van der Waals surface area contributed by atoms with Crippen molar-refractivity contribution in [2.24, 2.45) is 24.8 Å². The number of nitrogens with zero attached hydrogens (tertiary/aromatic N) is 4. The number of H-pyrrole nitrogens is 1. The van der Waals surface area contributed by atoms with Crippen molar-refractivity contribution < 1.29 is 8.42 Å². The van der Waals surface area contributed by atoms with E-state index in [1.54, 1.807) is 4.31 Å². The van der Waals surface area contributed by atoms with Crippen LogP contribution >= 0.6 is 0 Å². The van der Waals surface area contributed by atoms with Gasteiger partial charge in [0, 0.05) is 17.8 Å². The number of aryl methyl sites for hydroxylation is 1. The molecule has 7 rings (SSSR count). The molecule has 164 valence electrons. The molecule has 1 N–H and O–H groups in total. The van der Waals surface area contributed by atoms with Crippen molar-refractivity contribution in [2.45, 2.75) is 31.2 Å². The summed E-state index contributed by atoms with van der Waals surface area (Å²) in [4.78, 5) is 0. The van der Waals surface area contributed by atoms with Gasteiger partial charge in [-0.25, -0.2) is 8.42 Å². The molecule has 1 aliphatic heterocycles. The van der Waals surface area contributed by atoms with E-state index in [0.717, 1.165) is 33.1 Å². The Balaban J connectivity index is 1.53. The molecular weight excluding hydrogens is 422 g/mol. The molecule has 2 saturated carbocycles.